The number of allylic oxidation sites excluding steroid dienone is 3. The maximum absolute atomic E-state index is 12.4. The summed E-state index contributed by atoms with van der Waals surface area (Å²) in [6.07, 6.45) is 3.50. The van der Waals surface area contributed by atoms with E-state index in [9.17, 15) is 9.59 Å². The van der Waals surface area contributed by atoms with Gasteiger partial charge in [0.25, 0.3) is 0 Å². The van der Waals surface area contributed by atoms with Gasteiger partial charge in [0, 0.05) is 11.1 Å². The number of fused-ring (bicyclic) bond motifs is 1. The van der Waals surface area contributed by atoms with Gasteiger partial charge in [-0.15, -0.1) is 0 Å². The first-order valence-corrected chi connectivity index (χ1v) is 6.22. The highest BCUT2D eigenvalue weighted by molar-refractivity contribution is 6.27. The minimum absolute atomic E-state index is 0.139. The molecule has 3 nitrogen and oxygen atoms in total. The fraction of sp³-hybridized carbons (Fsp3) is 0.250. The van der Waals surface area contributed by atoms with E-state index in [2.05, 4.69) is 0 Å². The lowest BCUT2D eigenvalue weighted by molar-refractivity contribution is 0.0544. The second kappa shape index (κ2) is 3.67. The summed E-state index contributed by atoms with van der Waals surface area (Å²) in [5.74, 6) is -0.170. The Kier molecular flexibility index (Phi) is 2.30. The molecule has 1 aliphatic carbocycles. The molecule has 0 unspecified atom stereocenters. The summed E-state index contributed by atoms with van der Waals surface area (Å²) in [7, 11) is 0. The molecule has 0 saturated heterocycles. The average Bonchev–Trinajstić information content (AvgIpc) is 2.35. The van der Waals surface area contributed by atoms with Crippen molar-refractivity contribution in [3.8, 4) is 0 Å². The predicted molar refractivity (Wildman–Crippen MR) is 71.2 cm³/mol. The van der Waals surface area contributed by atoms with Crippen molar-refractivity contribution in [2.45, 2.75) is 26.4 Å². The van der Waals surface area contributed by atoms with Crippen molar-refractivity contribution < 1.29 is 14.3 Å². The average molecular weight is 254 g/mol. The number of hydrogen-bond acceptors (Lipinski definition) is 3. The third kappa shape index (κ3) is 1.73. The minimum Gasteiger partial charge on any atom is -0.479 e. The van der Waals surface area contributed by atoms with E-state index < -0.39 is 5.60 Å². The lowest BCUT2D eigenvalue weighted by Gasteiger charge is -2.31. The molecule has 0 radical (unpaired) electrons. The minimum atomic E-state index is -0.559. The predicted octanol–water partition coefficient (Wildman–Crippen LogP) is 2.99. The van der Waals surface area contributed by atoms with Crippen LogP contribution in [-0.4, -0.2) is 17.2 Å². The summed E-state index contributed by atoms with van der Waals surface area (Å²) in [4.78, 5) is 24.8. The molecule has 0 N–H and O–H groups in total. The molecule has 1 aromatic carbocycles. The molecule has 2 aliphatic rings. The Morgan fingerprint density at radius 3 is 2.53 bits per heavy atom. The topological polar surface area (TPSA) is 43.4 Å². The highest BCUT2D eigenvalue weighted by atomic mass is 16.5. The van der Waals surface area contributed by atoms with E-state index in [1.807, 2.05) is 26.8 Å². The van der Waals surface area contributed by atoms with Crippen LogP contribution in [0.15, 0.2) is 41.7 Å². The van der Waals surface area contributed by atoms with Crippen LogP contribution in [0.2, 0.25) is 0 Å². The van der Waals surface area contributed by atoms with Crippen LogP contribution >= 0.6 is 0 Å². The van der Waals surface area contributed by atoms with Gasteiger partial charge in [0.1, 0.15) is 5.60 Å². The third-order valence-electron chi connectivity index (χ3n) is 3.38. The Hall–Kier alpha value is -2.16. The van der Waals surface area contributed by atoms with Crippen molar-refractivity contribution in [1.29, 1.82) is 0 Å². The zero-order valence-electron chi connectivity index (χ0n) is 11.1. The fourth-order valence-electron chi connectivity index (χ4n) is 2.37. The summed E-state index contributed by atoms with van der Waals surface area (Å²) in [5, 5.41) is 0. The number of carbonyl (C=O) groups excluding carboxylic acids is 2. The molecule has 3 rings (SSSR count). The van der Waals surface area contributed by atoms with Crippen molar-refractivity contribution in [2.75, 3.05) is 0 Å². The standard InChI is InChI=1S/C16H14O3/c1-9-4-5-10-12(8-9)13(17)11-6-7-16(2,3)19-15(11)14(10)18/h4-8H,1-3H3. The summed E-state index contributed by atoms with van der Waals surface area (Å²) >= 11 is 0. The normalized spacial score (nSPS) is 19.9. The van der Waals surface area contributed by atoms with Gasteiger partial charge in [-0.05, 0) is 45.1 Å². The Bertz CT molecular complexity index is 675. The Labute approximate surface area is 111 Å². The van der Waals surface area contributed by atoms with Crippen molar-refractivity contribution in [3.63, 3.8) is 0 Å². The van der Waals surface area contributed by atoms with E-state index in [0.29, 0.717) is 16.7 Å². The smallest absolute Gasteiger partial charge is 0.229 e. The lowest BCUT2D eigenvalue weighted by Crippen LogP contribution is -2.32. The number of carbonyl (C=O) groups is 2. The molecule has 0 saturated carbocycles. The number of ketones is 2. The first-order valence-electron chi connectivity index (χ1n) is 6.22. The molecule has 0 spiro atoms. The van der Waals surface area contributed by atoms with E-state index in [-0.39, 0.29) is 17.3 Å². The second-order valence-electron chi connectivity index (χ2n) is 5.49. The highest BCUT2D eigenvalue weighted by Gasteiger charge is 2.37. The largest absolute Gasteiger partial charge is 0.479 e. The molecule has 0 fully saturated rings. The molecule has 1 aliphatic heterocycles. The van der Waals surface area contributed by atoms with Crippen LogP contribution in [0, 0.1) is 6.92 Å². The van der Waals surface area contributed by atoms with Crippen LogP contribution < -0.4 is 0 Å². The monoisotopic (exact) mass is 254 g/mol. The van der Waals surface area contributed by atoms with E-state index in [0.717, 1.165) is 5.56 Å². The van der Waals surface area contributed by atoms with Gasteiger partial charge in [-0.1, -0.05) is 11.6 Å². The summed E-state index contributed by atoms with van der Waals surface area (Å²) in [6.45, 7) is 5.61. The van der Waals surface area contributed by atoms with Gasteiger partial charge in [-0.25, -0.2) is 0 Å². The number of rotatable bonds is 0. The Morgan fingerprint density at radius 2 is 1.79 bits per heavy atom. The van der Waals surface area contributed by atoms with Gasteiger partial charge < -0.3 is 4.74 Å². The quantitative estimate of drug-likeness (QED) is 0.714. The second-order valence-corrected chi connectivity index (χ2v) is 5.49. The van der Waals surface area contributed by atoms with Crippen molar-refractivity contribution in [2.24, 2.45) is 0 Å². The van der Waals surface area contributed by atoms with E-state index in [1.165, 1.54) is 0 Å². The first kappa shape index (κ1) is 11.9. The van der Waals surface area contributed by atoms with Gasteiger partial charge in [-0.2, -0.15) is 0 Å². The maximum atomic E-state index is 12.4. The number of aryl methyl sites for hydroxylation is 1. The fourth-order valence-corrected chi connectivity index (χ4v) is 2.37. The van der Waals surface area contributed by atoms with E-state index >= 15 is 0 Å². The molecule has 0 bridgehead atoms. The van der Waals surface area contributed by atoms with Gasteiger partial charge in [0.15, 0.2) is 11.5 Å². The maximum Gasteiger partial charge on any atom is 0.229 e. The summed E-state index contributed by atoms with van der Waals surface area (Å²) in [6, 6.07) is 5.29. The third-order valence-corrected chi connectivity index (χ3v) is 3.38. The zero-order valence-corrected chi connectivity index (χ0v) is 11.1. The molecule has 3 heteroatoms. The van der Waals surface area contributed by atoms with Gasteiger partial charge in [-0.3, -0.25) is 9.59 Å². The van der Waals surface area contributed by atoms with Crippen LogP contribution in [0.3, 0.4) is 0 Å². The van der Waals surface area contributed by atoms with Crippen LogP contribution in [0.25, 0.3) is 0 Å². The zero-order chi connectivity index (χ0) is 13.8. The molecule has 19 heavy (non-hydrogen) atoms. The Balaban J connectivity index is 2.19. The lowest BCUT2D eigenvalue weighted by atomic mass is 9.85. The van der Waals surface area contributed by atoms with Crippen LogP contribution in [-0.2, 0) is 4.74 Å². The number of hydrogen-bond donors (Lipinski definition) is 0. The van der Waals surface area contributed by atoms with Crippen LogP contribution in [0.5, 0.6) is 0 Å². The van der Waals surface area contributed by atoms with Crippen molar-refractivity contribution in [3.05, 3.63) is 58.4 Å². The van der Waals surface area contributed by atoms with E-state index in [4.69, 9.17) is 4.74 Å². The van der Waals surface area contributed by atoms with Crippen molar-refractivity contribution >= 4 is 11.6 Å². The number of ether oxygens (including phenoxy) is 1. The van der Waals surface area contributed by atoms with Crippen molar-refractivity contribution in [1.82, 2.24) is 0 Å². The number of benzene rings is 1. The Morgan fingerprint density at radius 1 is 1.05 bits per heavy atom. The molecule has 1 heterocycles. The van der Waals surface area contributed by atoms with Gasteiger partial charge >= 0.3 is 0 Å². The molecular formula is C16H14O3. The van der Waals surface area contributed by atoms with Gasteiger partial charge in [0.2, 0.25) is 5.78 Å². The van der Waals surface area contributed by atoms with Crippen LogP contribution in [0.1, 0.15) is 40.1 Å². The molecular weight excluding hydrogens is 240 g/mol. The highest BCUT2D eigenvalue weighted by Crippen LogP contribution is 2.34. The first-order chi connectivity index (χ1) is 8.89. The van der Waals surface area contributed by atoms with Crippen LogP contribution in [0.4, 0.5) is 0 Å². The molecule has 0 amide bonds. The SMILES string of the molecule is Cc1ccc2c(c1)C(=O)C1=C(OC(C)(C)C=C1)C2=O. The summed E-state index contributed by atoms with van der Waals surface area (Å²) < 4.78 is 5.67. The molecule has 0 aromatic heterocycles. The van der Waals surface area contributed by atoms with E-state index in [1.54, 1.807) is 24.3 Å². The molecule has 0 atom stereocenters. The molecule has 1 aromatic rings. The van der Waals surface area contributed by atoms with Gasteiger partial charge in [0.05, 0.1) is 5.57 Å². The molecule has 96 valence electrons. The number of Topliss-reactive ketones (excluding diaryl/α,β-unsaturated/α-hetero) is 2. The summed E-state index contributed by atoms with van der Waals surface area (Å²) in [5.41, 5.74) is 1.67.